The van der Waals surface area contributed by atoms with E-state index in [0.717, 1.165) is 0 Å². The fraction of sp³-hybridized carbons (Fsp3) is 0.429. The number of halogens is 1. The molecule has 1 amide bonds. The summed E-state index contributed by atoms with van der Waals surface area (Å²) in [7, 11) is 0. The molecule has 1 aromatic carbocycles. The molecule has 6 heteroatoms. The van der Waals surface area contributed by atoms with Crippen LogP contribution in [-0.2, 0) is 9.53 Å². The molecule has 1 aliphatic heterocycles. The highest BCUT2D eigenvalue weighted by molar-refractivity contribution is 6.32. The highest BCUT2D eigenvalue weighted by Crippen LogP contribution is 2.29. The van der Waals surface area contributed by atoms with Crippen molar-refractivity contribution in [3.8, 4) is 6.07 Å². The predicted molar refractivity (Wildman–Crippen MR) is 76.8 cm³/mol. The maximum absolute atomic E-state index is 12.1. The summed E-state index contributed by atoms with van der Waals surface area (Å²) in [6.45, 7) is 3.81. The molecular formula is C14H16ClN3O2. The summed E-state index contributed by atoms with van der Waals surface area (Å²) < 4.78 is 5.39. The molecule has 1 N–H and O–H groups in total. The lowest BCUT2D eigenvalue weighted by molar-refractivity contribution is -0.124. The Morgan fingerprint density at radius 2 is 2.45 bits per heavy atom. The van der Waals surface area contributed by atoms with Gasteiger partial charge in [-0.3, -0.25) is 4.79 Å². The van der Waals surface area contributed by atoms with E-state index in [1.807, 2.05) is 17.9 Å². The lowest BCUT2D eigenvalue weighted by atomic mass is 10.1. The Morgan fingerprint density at radius 1 is 1.65 bits per heavy atom. The Morgan fingerprint density at radius 3 is 3.15 bits per heavy atom. The third-order valence-electron chi connectivity index (χ3n) is 3.19. The summed E-state index contributed by atoms with van der Waals surface area (Å²) in [6.07, 6.45) is 0. The largest absolute Gasteiger partial charge is 0.377 e. The van der Waals surface area contributed by atoms with Crippen LogP contribution in [0.1, 0.15) is 12.5 Å². The van der Waals surface area contributed by atoms with Crippen LogP contribution in [0.3, 0.4) is 0 Å². The smallest absolute Gasteiger partial charge is 0.245 e. The third kappa shape index (κ3) is 2.87. The van der Waals surface area contributed by atoms with E-state index >= 15 is 0 Å². The second kappa shape index (κ2) is 6.60. The van der Waals surface area contributed by atoms with Crippen LogP contribution in [0.4, 0.5) is 5.69 Å². The molecule has 1 aromatic rings. The summed E-state index contributed by atoms with van der Waals surface area (Å²) in [6, 6.07) is 6.93. The Balaban J connectivity index is 2.36. The number of nitriles is 1. The number of nitrogens with one attached hydrogen (secondary N) is 1. The zero-order valence-electron chi connectivity index (χ0n) is 11.2. The lowest BCUT2D eigenvalue weighted by Gasteiger charge is -2.36. The highest BCUT2D eigenvalue weighted by Gasteiger charge is 2.31. The zero-order valence-corrected chi connectivity index (χ0v) is 12.0. The topological polar surface area (TPSA) is 65.4 Å². The number of hydrogen-bond donors (Lipinski definition) is 1. The SMILES string of the molecule is CCNC(=O)C1COCCN1c1cccc(Cl)c1C#N. The summed E-state index contributed by atoms with van der Waals surface area (Å²) >= 11 is 6.06. The van der Waals surface area contributed by atoms with Crippen molar-refractivity contribution < 1.29 is 9.53 Å². The predicted octanol–water partition coefficient (Wildman–Crippen LogP) is 1.55. The van der Waals surface area contributed by atoms with Gasteiger partial charge in [0.25, 0.3) is 0 Å². The van der Waals surface area contributed by atoms with Crippen molar-refractivity contribution in [1.29, 1.82) is 5.26 Å². The van der Waals surface area contributed by atoms with Crippen LogP contribution in [0.15, 0.2) is 18.2 Å². The van der Waals surface area contributed by atoms with Crippen molar-refractivity contribution in [2.24, 2.45) is 0 Å². The number of hydrogen-bond acceptors (Lipinski definition) is 4. The van der Waals surface area contributed by atoms with E-state index in [1.54, 1.807) is 12.1 Å². The minimum absolute atomic E-state index is 0.101. The second-order valence-corrected chi connectivity index (χ2v) is 4.83. The Labute approximate surface area is 123 Å². The lowest BCUT2D eigenvalue weighted by Crippen LogP contribution is -2.54. The minimum Gasteiger partial charge on any atom is -0.377 e. The van der Waals surface area contributed by atoms with E-state index in [2.05, 4.69) is 11.4 Å². The van der Waals surface area contributed by atoms with Crippen molar-refractivity contribution in [2.75, 3.05) is 31.2 Å². The monoisotopic (exact) mass is 293 g/mol. The molecule has 106 valence electrons. The number of amides is 1. The molecule has 1 saturated heterocycles. The summed E-state index contributed by atoms with van der Waals surface area (Å²) in [5.74, 6) is -0.101. The molecular weight excluding hydrogens is 278 g/mol. The third-order valence-corrected chi connectivity index (χ3v) is 3.51. The number of anilines is 1. The van der Waals surface area contributed by atoms with Gasteiger partial charge in [-0.25, -0.2) is 0 Å². The van der Waals surface area contributed by atoms with Crippen LogP contribution in [0.5, 0.6) is 0 Å². The van der Waals surface area contributed by atoms with Crippen LogP contribution >= 0.6 is 11.6 Å². The van der Waals surface area contributed by atoms with Gasteiger partial charge in [0, 0.05) is 13.1 Å². The maximum atomic E-state index is 12.1. The van der Waals surface area contributed by atoms with Crippen LogP contribution in [-0.4, -0.2) is 38.3 Å². The fourth-order valence-corrected chi connectivity index (χ4v) is 2.48. The van der Waals surface area contributed by atoms with E-state index in [-0.39, 0.29) is 5.91 Å². The molecule has 5 nitrogen and oxygen atoms in total. The summed E-state index contributed by atoms with van der Waals surface area (Å²) in [5, 5.41) is 12.5. The van der Waals surface area contributed by atoms with Crippen molar-refractivity contribution in [1.82, 2.24) is 5.32 Å². The number of benzene rings is 1. The maximum Gasteiger partial charge on any atom is 0.245 e. The van der Waals surface area contributed by atoms with Gasteiger partial charge in [0.2, 0.25) is 5.91 Å². The zero-order chi connectivity index (χ0) is 14.5. The van der Waals surface area contributed by atoms with Crippen molar-refractivity contribution in [3.63, 3.8) is 0 Å². The average Bonchev–Trinajstić information content (AvgIpc) is 2.47. The number of morpholine rings is 1. The normalized spacial score (nSPS) is 18.4. The van der Waals surface area contributed by atoms with Gasteiger partial charge in [-0.15, -0.1) is 0 Å². The number of nitrogens with zero attached hydrogens (tertiary/aromatic N) is 2. The average molecular weight is 294 g/mol. The van der Waals surface area contributed by atoms with Gasteiger partial charge in [-0.1, -0.05) is 17.7 Å². The van der Waals surface area contributed by atoms with Gasteiger partial charge < -0.3 is 15.0 Å². The molecule has 20 heavy (non-hydrogen) atoms. The first kappa shape index (κ1) is 14.6. The molecule has 1 fully saturated rings. The Hall–Kier alpha value is -1.77. The molecule has 0 radical (unpaired) electrons. The van der Waals surface area contributed by atoms with E-state index < -0.39 is 6.04 Å². The van der Waals surface area contributed by atoms with E-state index in [1.165, 1.54) is 0 Å². The van der Waals surface area contributed by atoms with Crippen LogP contribution in [0, 0.1) is 11.3 Å². The first-order valence-corrected chi connectivity index (χ1v) is 6.87. The van der Waals surface area contributed by atoms with Crippen molar-refractivity contribution in [2.45, 2.75) is 13.0 Å². The molecule has 0 spiro atoms. The van der Waals surface area contributed by atoms with Crippen molar-refractivity contribution in [3.05, 3.63) is 28.8 Å². The molecule has 2 rings (SSSR count). The van der Waals surface area contributed by atoms with Gasteiger partial charge in [0.1, 0.15) is 12.1 Å². The molecule has 1 atom stereocenters. The summed E-state index contributed by atoms with van der Waals surface area (Å²) in [5.41, 5.74) is 1.07. The highest BCUT2D eigenvalue weighted by atomic mass is 35.5. The number of carbonyl (C=O) groups is 1. The number of ether oxygens (including phenoxy) is 1. The Bertz CT molecular complexity index is 542. The van der Waals surface area contributed by atoms with E-state index in [0.29, 0.717) is 42.6 Å². The van der Waals surface area contributed by atoms with E-state index in [9.17, 15) is 10.1 Å². The van der Waals surface area contributed by atoms with Gasteiger partial charge in [-0.05, 0) is 19.1 Å². The second-order valence-electron chi connectivity index (χ2n) is 4.42. The van der Waals surface area contributed by atoms with Gasteiger partial charge >= 0.3 is 0 Å². The van der Waals surface area contributed by atoms with Gasteiger partial charge in [0.15, 0.2) is 0 Å². The number of likely N-dealkylation sites (N-methyl/N-ethyl adjacent to an activating group) is 1. The van der Waals surface area contributed by atoms with Crippen LogP contribution in [0.2, 0.25) is 5.02 Å². The van der Waals surface area contributed by atoms with Gasteiger partial charge in [0.05, 0.1) is 29.5 Å². The summed E-state index contributed by atoms with van der Waals surface area (Å²) in [4.78, 5) is 14.0. The molecule has 0 aliphatic carbocycles. The minimum atomic E-state index is -0.436. The number of rotatable bonds is 3. The Kier molecular flexibility index (Phi) is 4.83. The van der Waals surface area contributed by atoms with Crippen LogP contribution in [0.25, 0.3) is 0 Å². The number of carbonyl (C=O) groups excluding carboxylic acids is 1. The fourth-order valence-electron chi connectivity index (χ4n) is 2.26. The van der Waals surface area contributed by atoms with Crippen molar-refractivity contribution >= 4 is 23.2 Å². The first-order valence-electron chi connectivity index (χ1n) is 6.49. The molecule has 1 unspecified atom stereocenters. The quantitative estimate of drug-likeness (QED) is 0.918. The first-order chi connectivity index (χ1) is 9.69. The molecule has 0 bridgehead atoms. The van der Waals surface area contributed by atoms with E-state index in [4.69, 9.17) is 16.3 Å². The molecule has 1 heterocycles. The standard InChI is InChI=1S/C14H16ClN3O2/c1-2-17-14(19)13-9-20-7-6-18(13)12-5-3-4-11(15)10(12)8-16/h3-5,13H,2,6-7,9H2,1H3,(H,17,19). The molecule has 0 saturated carbocycles. The van der Waals surface area contributed by atoms with Crippen LogP contribution < -0.4 is 10.2 Å². The molecule has 0 aromatic heterocycles. The molecule has 1 aliphatic rings. The van der Waals surface area contributed by atoms with Gasteiger partial charge in [-0.2, -0.15) is 5.26 Å².